The van der Waals surface area contributed by atoms with Crippen molar-refractivity contribution < 1.29 is 29.2 Å². The third-order valence-corrected chi connectivity index (χ3v) is 7.26. The minimum Gasteiger partial charge on any atom is -0.501 e. The monoisotopic (exact) mass is 758 g/mol. The highest BCUT2D eigenvalue weighted by Crippen LogP contribution is 2.60. The summed E-state index contributed by atoms with van der Waals surface area (Å²) in [5.74, 6) is 0.397. The van der Waals surface area contributed by atoms with Crippen LogP contribution in [0.15, 0.2) is 97.1 Å². The van der Waals surface area contributed by atoms with Gasteiger partial charge in [0, 0.05) is 7.14 Å². The number of rotatable bonds is 8. The van der Waals surface area contributed by atoms with Gasteiger partial charge in [-0.05, 0) is 132 Å². The van der Waals surface area contributed by atoms with Crippen LogP contribution in [0.1, 0.15) is 11.1 Å². The molecule has 5 aromatic carbocycles. The SMILES string of the molecule is Cc1ccc(Oc2c(O)c(Oc3ccc(I)cc3)c(Oc3ccc(C)cc3)c(O)c2Oc2ccc(I)cc2)cc1. The van der Waals surface area contributed by atoms with E-state index in [1.165, 1.54) is 0 Å². The third kappa shape index (κ3) is 6.56. The molecule has 0 saturated heterocycles. The lowest BCUT2D eigenvalue weighted by Gasteiger charge is -2.21. The maximum Gasteiger partial charge on any atom is 0.219 e. The molecule has 0 saturated carbocycles. The molecule has 5 aromatic rings. The molecule has 202 valence electrons. The average molecular weight is 758 g/mol. The summed E-state index contributed by atoms with van der Waals surface area (Å²) in [6.07, 6.45) is 0. The second kappa shape index (κ2) is 12.3. The molecule has 5 rings (SSSR count). The van der Waals surface area contributed by atoms with Crippen LogP contribution in [0.3, 0.4) is 0 Å². The van der Waals surface area contributed by atoms with Gasteiger partial charge < -0.3 is 29.2 Å². The standard InChI is InChI=1S/C32H24I2O6/c1-19-3-11-23(12-4-19)37-29-27(35)32(40-26-17-9-22(34)10-18-26)30(38-24-13-5-20(2)6-14-24)28(36)31(29)39-25-15-7-21(33)8-16-25/h3-18,35-36H,1-2H3. The Morgan fingerprint density at radius 3 is 0.875 bits per heavy atom. The van der Waals surface area contributed by atoms with Crippen molar-refractivity contribution in [1.29, 1.82) is 0 Å². The first-order chi connectivity index (χ1) is 19.3. The Balaban J connectivity index is 1.69. The van der Waals surface area contributed by atoms with Gasteiger partial charge in [0.1, 0.15) is 23.0 Å². The van der Waals surface area contributed by atoms with Crippen LogP contribution in [0.5, 0.6) is 57.5 Å². The van der Waals surface area contributed by atoms with E-state index in [0.29, 0.717) is 23.0 Å². The summed E-state index contributed by atoms with van der Waals surface area (Å²) in [5, 5.41) is 23.3. The molecule has 2 N–H and O–H groups in total. The van der Waals surface area contributed by atoms with Crippen LogP contribution in [0.2, 0.25) is 0 Å². The molecule has 0 amide bonds. The zero-order chi connectivity index (χ0) is 28.2. The number of ether oxygens (including phenoxy) is 4. The van der Waals surface area contributed by atoms with E-state index in [-0.39, 0.29) is 23.0 Å². The second-order valence-corrected chi connectivity index (χ2v) is 11.4. The molecule has 0 aliphatic carbocycles. The molecular formula is C32H24I2O6. The fourth-order valence-electron chi connectivity index (χ4n) is 3.70. The Kier molecular flexibility index (Phi) is 8.55. The topological polar surface area (TPSA) is 77.4 Å². The van der Waals surface area contributed by atoms with Gasteiger partial charge in [0.2, 0.25) is 34.5 Å². The Morgan fingerprint density at radius 1 is 0.400 bits per heavy atom. The Hall–Kier alpha value is -3.64. The van der Waals surface area contributed by atoms with Crippen molar-refractivity contribution in [3.8, 4) is 57.5 Å². The first-order valence-electron chi connectivity index (χ1n) is 12.2. The second-order valence-electron chi connectivity index (χ2n) is 8.96. The molecule has 0 aliphatic rings. The molecular weight excluding hydrogens is 734 g/mol. The molecule has 0 aromatic heterocycles. The van der Waals surface area contributed by atoms with Crippen LogP contribution in [-0.2, 0) is 0 Å². The van der Waals surface area contributed by atoms with E-state index in [1.807, 2.05) is 62.4 Å². The van der Waals surface area contributed by atoms with Crippen molar-refractivity contribution >= 4 is 45.2 Å². The zero-order valence-electron chi connectivity index (χ0n) is 21.5. The number of aryl methyl sites for hydroxylation is 2. The predicted octanol–water partition coefficient (Wildman–Crippen LogP) is 10.1. The average Bonchev–Trinajstić information content (AvgIpc) is 2.95. The molecule has 6 nitrogen and oxygen atoms in total. The number of halogens is 2. The first-order valence-corrected chi connectivity index (χ1v) is 14.4. The Bertz CT molecular complexity index is 1370. The lowest BCUT2D eigenvalue weighted by atomic mass is 10.2. The molecule has 0 bridgehead atoms. The number of hydrogen-bond donors (Lipinski definition) is 2. The van der Waals surface area contributed by atoms with Gasteiger partial charge in [0.15, 0.2) is 0 Å². The van der Waals surface area contributed by atoms with Crippen LogP contribution in [0.4, 0.5) is 0 Å². The summed E-state index contributed by atoms with van der Waals surface area (Å²) in [6, 6.07) is 29.0. The van der Waals surface area contributed by atoms with Gasteiger partial charge in [-0.2, -0.15) is 0 Å². The van der Waals surface area contributed by atoms with E-state index in [4.69, 9.17) is 18.9 Å². The number of phenolic OH excluding ortho intramolecular Hbond substituents is 2. The molecule has 0 spiro atoms. The van der Waals surface area contributed by atoms with Crippen molar-refractivity contribution in [3.63, 3.8) is 0 Å². The fraction of sp³-hybridized carbons (Fsp3) is 0.0625. The van der Waals surface area contributed by atoms with Crippen LogP contribution >= 0.6 is 45.2 Å². The minimum atomic E-state index is -0.403. The quantitative estimate of drug-likeness (QED) is 0.121. The van der Waals surface area contributed by atoms with Gasteiger partial charge in [-0.3, -0.25) is 0 Å². The molecule has 8 heteroatoms. The van der Waals surface area contributed by atoms with E-state index in [2.05, 4.69) is 45.2 Å². The van der Waals surface area contributed by atoms with Crippen molar-refractivity contribution in [1.82, 2.24) is 0 Å². The van der Waals surface area contributed by atoms with Gasteiger partial charge in [0.25, 0.3) is 0 Å². The van der Waals surface area contributed by atoms with E-state index in [0.717, 1.165) is 18.3 Å². The zero-order valence-corrected chi connectivity index (χ0v) is 25.8. The summed E-state index contributed by atoms with van der Waals surface area (Å²) in [5.41, 5.74) is 2.08. The van der Waals surface area contributed by atoms with E-state index in [9.17, 15) is 10.2 Å². The predicted molar refractivity (Wildman–Crippen MR) is 171 cm³/mol. The summed E-state index contributed by atoms with van der Waals surface area (Å²) < 4.78 is 26.5. The smallest absolute Gasteiger partial charge is 0.219 e. The number of hydrogen-bond acceptors (Lipinski definition) is 6. The van der Waals surface area contributed by atoms with Crippen LogP contribution in [0.25, 0.3) is 0 Å². The maximum absolute atomic E-state index is 11.6. The van der Waals surface area contributed by atoms with E-state index in [1.54, 1.807) is 48.5 Å². The van der Waals surface area contributed by atoms with Gasteiger partial charge in [0.05, 0.1) is 0 Å². The van der Waals surface area contributed by atoms with Crippen LogP contribution in [-0.4, -0.2) is 10.2 Å². The normalized spacial score (nSPS) is 10.7. The third-order valence-electron chi connectivity index (χ3n) is 5.82. The first kappa shape index (κ1) is 27.9. The van der Waals surface area contributed by atoms with Gasteiger partial charge in [-0.25, -0.2) is 0 Å². The van der Waals surface area contributed by atoms with Gasteiger partial charge in [-0.1, -0.05) is 35.4 Å². The molecule has 0 unspecified atom stereocenters. The molecule has 0 aliphatic heterocycles. The molecule has 0 radical (unpaired) electrons. The minimum absolute atomic E-state index is 0.128. The summed E-state index contributed by atoms with van der Waals surface area (Å²) in [4.78, 5) is 0. The van der Waals surface area contributed by atoms with E-state index >= 15 is 0 Å². The van der Waals surface area contributed by atoms with Crippen LogP contribution < -0.4 is 18.9 Å². The van der Waals surface area contributed by atoms with Crippen molar-refractivity contribution in [2.75, 3.05) is 0 Å². The van der Waals surface area contributed by atoms with Crippen LogP contribution in [0, 0.1) is 21.0 Å². The Morgan fingerprint density at radius 2 is 0.625 bits per heavy atom. The highest BCUT2D eigenvalue weighted by atomic mass is 127. The van der Waals surface area contributed by atoms with Crippen molar-refractivity contribution in [2.45, 2.75) is 13.8 Å². The Labute approximate surface area is 259 Å². The van der Waals surface area contributed by atoms with Gasteiger partial charge in [-0.15, -0.1) is 0 Å². The molecule has 40 heavy (non-hydrogen) atoms. The highest BCUT2D eigenvalue weighted by Gasteiger charge is 2.31. The summed E-state index contributed by atoms with van der Waals surface area (Å²) >= 11 is 4.39. The fourth-order valence-corrected chi connectivity index (χ4v) is 4.42. The van der Waals surface area contributed by atoms with E-state index < -0.39 is 11.5 Å². The number of phenols is 2. The maximum atomic E-state index is 11.6. The molecule has 0 fully saturated rings. The van der Waals surface area contributed by atoms with Crippen molar-refractivity contribution in [3.05, 3.63) is 115 Å². The molecule has 0 heterocycles. The lowest BCUT2D eigenvalue weighted by Crippen LogP contribution is -1.98. The molecule has 0 atom stereocenters. The number of benzene rings is 5. The summed E-state index contributed by atoms with van der Waals surface area (Å²) in [6.45, 7) is 3.92. The largest absolute Gasteiger partial charge is 0.501 e. The highest BCUT2D eigenvalue weighted by molar-refractivity contribution is 14.1. The van der Waals surface area contributed by atoms with Gasteiger partial charge >= 0.3 is 0 Å². The number of aromatic hydroxyl groups is 2. The van der Waals surface area contributed by atoms with Crippen molar-refractivity contribution in [2.24, 2.45) is 0 Å². The summed E-state index contributed by atoms with van der Waals surface area (Å²) in [7, 11) is 0. The lowest BCUT2D eigenvalue weighted by molar-refractivity contribution is 0.318.